The van der Waals surface area contributed by atoms with Crippen LogP contribution in [0.5, 0.6) is 0 Å². The van der Waals surface area contributed by atoms with E-state index in [2.05, 4.69) is 25.3 Å². The lowest BCUT2D eigenvalue weighted by Crippen LogP contribution is -2.28. The molecular weight excluding hydrogens is 140 g/mol. The van der Waals surface area contributed by atoms with Crippen molar-refractivity contribution in [2.24, 2.45) is 0 Å². The van der Waals surface area contributed by atoms with Gasteiger partial charge in [-0.3, -0.25) is 5.26 Å². The van der Waals surface area contributed by atoms with E-state index in [1.807, 2.05) is 0 Å². The summed E-state index contributed by atoms with van der Waals surface area (Å²) in [5.41, 5.74) is -0.497. The molecule has 0 rings (SSSR count). The Morgan fingerprint density at radius 2 is 1.82 bits per heavy atom. The van der Waals surface area contributed by atoms with Crippen LogP contribution in [0.4, 0.5) is 0 Å². The van der Waals surface area contributed by atoms with Crippen LogP contribution in [0, 0.1) is 0 Å². The van der Waals surface area contributed by atoms with Crippen LogP contribution in [-0.4, -0.2) is 10.9 Å². The minimum absolute atomic E-state index is 0.497. The van der Waals surface area contributed by atoms with E-state index in [0.717, 1.165) is 25.7 Å². The molecule has 0 unspecified atom stereocenters. The van der Waals surface area contributed by atoms with Crippen LogP contribution in [0.25, 0.3) is 0 Å². The second kappa shape index (κ2) is 5.33. The van der Waals surface area contributed by atoms with Gasteiger partial charge >= 0.3 is 0 Å². The van der Waals surface area contributed by atoms with Crippen molar-refractivity contribution >= 4 is 0 Å². The second-order valence-electron chi connectivity index (χ2n) is 2.86. The van der Waals surface area contributed by atoms with Crippen molar-refractivity contribution in [3.05, 3.63) is 12.7 Å². The second-order valence-corrected chi connectivity index (χ2v) is 2.86. The molecule has 1 N–H and O–H groups in total. The molecule has 0 aromatic heterocycles. The third kappa shape index (κ3) is 3.04. The maximum absolute atomic E-state index is 8.67. The molecule has 0 radical (unpaired) electrons. The highest BCUT2D eigenvalue weighted by atomic mass is 17.1. The Labute approximate surface area is 68.8 Å². The zero-order chi connectivity index (χ0) is 8.74. The summed E-state index contributed by atoms with van der Waals surface area (Å²) in [6.07, 6.45) is 5.35. The van der Waals surface area contributed by atoms with E-state index in [-0.39, 0.29) is 0 Å². The Kier molecular flexibility index (Phi) is 5.16. The highest BCUT2D eigenvalue weighted by Gasteiger charge is 2.25. The van der Waals surface area contributed by atoms with Gasteiger partial charge in [0, 0.05) is 0 Å². The first-order valence-electron chi connectivity index (χ1n) is 4.20. The standard InChI is InChI=1S/C9H18O2/c1-4-7-9(6-3,11-10)8-5-2/h6,10H,3-5,7-8H2,1-2H3. The van der Waals surface area contributed by atoms with Gasteiger partial charge in [0.15, 0.2) is 0 Å². The topological polar surface area (TPSA) is 29.5 Å². The number of hydrogen-bond donors (Lipinski definition) is 1. The number of hydrogen-bond acceptors (Lipinski definition) is 2. The summed E-state index contributed by atoms with van der Waals surface area (Å²) in [7, 11) is 0. The lowest BCUT2D eigenvalue weighted by Gasteiger charge is -2.25. The molecule has 0 aliphatic carbocycles. The molecule has 0 aromatic rings. The quantitative estimate of drug-likeness (QED) is 0.366. The molecule has 0 aliphatic rings. The summed E-state index contributed by atoms with van der Waals surface area (Å²) in [6, 6.07) is 0. The predicted octanol–water partition coefficient (Wildman–Crippen LogP) is 3.00. The maximum atomic E-state index is 8.67. The molecule has 0 saturated carbocycles. The first-order chi connectivity index (χ1) is 5.24. The highest BCUT2D eigenvalue weighted by molar-refractivity contribution is 4.95. The predicted molar refractivity (Wildman–Crippen MR) is 46.5 cm³/mol. The minimum Gasteiger partial charge on any atom is -0.251 e. The van der Waals surface area contributed by atoms with Crippen LogP contribution < -0.4 is 0 Å². The van der Waals surface area contributed by atoms with Crippen molar-refractivity contribution in [1.82, 2.24) is 0 Å². The zero-order valence-corrected chi connectivity index (χ0v) is 7.47. The summed E-state index contributed by atoms with van der Waals surface area (Å²) < 4.78 is 0. The smallest absolute Gasteiger partial charge is 0.121 e. The van der Waals surface area contributed by atoms with Gasteiger partial charge in [0.25, 0.3) is 0 Å². The third-order valence-electron chi connectivity index (χ3n) is 1.90. The van der Waals surface area contributed by atoms with Crippen LogP contribution in [-0.2, 0) is 4.89 Å². The SMILES string of the molecule is C=CC(CCC)(CCC)OO. The van der Waals surface area contributed by atoms with E-state index >= 15 is 0 Å². The first kappa shape index (κ1) is 10.7. The van der Waals surface area contributed by atoms with Crippen molar-refractivity contribution < 1.29 is 10.1 Å². The molecule has 0 aliphatic heterocycles. The Morgan fingerprint density at radius 3 is 2.00 bits per heavy atom. The molecular formula is C9H18O2. The number of rotatable bonds is 6. The summed E-state index contributed by atoms with van der Waals surface area (Å²) in [4.78, 5) is 4.45. The monoisotopic (exact) mass is 158 g/mol. The van der Waals surface area contributed by atoms with Gasteiger partial charge in [-0.15, -0.1) is 6.58 Å². The lowest BCUT2D eigenvalue weighted by atomic mass is 9.93. The molecule has 2 heteroatoms. The maximum Gasteiger partial charge on any atom is 0.121 e. The third-order valence-corrected chi connectivity index (χ3v) is 1.90. The Balaban J connectivity index is 4.07. The van der Waals surface area contributed by atoms with Crippen molar-refractivity contribution in [1.29, 1.82) is 0 Å². The normalized spacial score (nSPS) is 11.5. The van der Waals surface area contributed by atoms with E-state index in [1.54, 1.807) is 6.08 Å². The fourth-order valence-corrected chi connectivity index (χ4v) is 1.30. The molecule has 0 heterocycles. The lowest BCUT2D eigenvalue weighted by molar-refractivity contribution is -0.311. The van der Waals surface area contributed by atoms with Crippen molar-refractivity contribution in [3.63, 3.8) is 0 Å². The van der Waals surface area contributed by atoms with E-state index < -0.39 is 5.60 Å². The summed E-state index contributed by atoms with van der Waals surface area (Å²) in [5, 5.41) is 8.67. The van der Waals surface area contributed by atoms with Gasteiger partial charge in [0.05, 0.1) is 0 Å². The van der Waals surface area contributed by atoms with Crippen LogP contribution >= 0.6 is 0 Å². The summed E-state index contributed by atoms with van der Waals surface area (Å²) >= 11 is 0. The van der Waals surface area contributed by atoms with Gasteiger partial charge < -0.3 is 0 Å². The molecule has 0 fully saturated rings. The molecule has 0 saturated heterocycles. The van der Waals surface area contributed by atoms with Gasteiger partial charge in [0.2, 0.25) is 0 Å². The Morgan fingerprint density at radius 1 is 1.36 bits per heavy atom. The first-order valence-corrected chi connectivity index (χ1v) is 4.20. The minimum atomic E-state index is -0.497. The van der Waals surface area contributed by atoms with E-state index in [9.17, 15) is 0 Å². The molecule has 66 valence electrons. The fraction of sp³-hybridized carbons (Fsp3) is 0.778. The van der Waals surface area contributed by atoms with Crippen LogP contribution in [0.2, 0.25) is 0 Å². The molecule has 0 aromatic carbocycles. The summed E-state index contributed by atoms with van der Waals surface area (Å²) in [5.74, 6) is 0. The van der Waals surface area contributed by atoms with Crippen molar-refractivity contribution in [2.45, 2.75) is 45.1 Å². The molecule has 0 atom stereocenters. The van der Waals surface area contributed by atoms with E-state index in [0.29, 0.717) is 0 Å². The zero-order valence-electron chi connectivity index (χ0n) is 7.47. The van der Waals surface area contributed by atoms with Gasteiger partial charge in [-0.25, -0.2) is 4.89 Å². The molecule has 0 amide bonds. The van der Waals surface area contributed by atoms with Crippen molar-refractivity contribution in [3.8, 4) is 0 Å². The van der Waals surface area contributed by atoms with E-state index in [4.69, 9.17) is 5.26 Å². The molecule has 2 nitrogen and oxygen atoms in total. The molecule has 0 spiro atoms. The van der Waals surface area contributed by atoms with Crippen LogP contribution in [0.1, 0.15) is 39.5 Å². The fourth-order valence-electron chi connectivity index (χ4n) is 1.30. The molecule has 11 heavy (non-hydrogen) atoms. The Bertz CT molecular complexity index is 104. The van der Waals surface area contributed by atoms with Gasteiger partial charge in [-0.2, -0.15) is 0 Å². The highest BCUT2D eigenvalue weighted by Crippen LogP contribution is 2.24. The summed E-state index contributed by atoms with van der Waals surface area (Å²) in [6.45, 7) is 7.78. The van der Waals surface area contributed by atoms with E-state index in [1.165, 1.54) is 0 Å². The largest absolute Gasteiger partial charge is 0.251 e. The average molecular weight is 158 g/mol. The van der Waals surface area contributed by atoms with Crippen LogP contribution in [0.3, 0.4) is 0 Å². The van der Waals surface area contributed by atoms with Crippen LogP contribution in [0.15, 0.2) is 12.7 Å². The van der Waals surface area contributed by atoms with Gasteiger partial charge in [0.1, 0.15) is 5.60 Å². The van der Waals surface area contributed by atoms with Crippen molar-refractivity contribution in [2.75, 3.05) is 0 Å². The van der Waals surface area contributed by atoms with Gasteiger partial charge in [-0.05, 0) is 12.8 Å². The van der Waals surface area contributed by atoms with Gasteiger partial charge in [-0.1, -0.05) is 32.8 Å². The Hall–Kier alpha value is -0.340. The average Bonchev–Trinajstić information content (AvgIpc) is 2.04. The molecule has 0 bridgehead atoms.